The molecule has 0 aromatic carbocycles. The maximum atomic E-state index is 12.7. The van der Waals surface area contributed by atoms with Crippen LogP contribution in [0.4, 0.5) is 0 Å². The van der Waals surface area contributed by atoms with Crippen LogP contribution < -0.4 is 0 Å². The van der Waals surface area contributed by atoms with Gasteiger partial charge in [-0.2, -0.15) is 8.42 Å². The third-order valence-electron chi connectivity index (χ3n) is 8.03. The summed E-state index contributed by atoms with van der Waals surface area (Å²) in [7, 11) is -5.06. The highest BCUT2D eigenvalue weighted by Gasteiger charge is 2.48. The van der Waals surface area contributed by atoms with Gasteiger partial charge in [-0.25, -0.2) is 4.18 Å². The van der Waals surface area contributed by atoms with E-state index >= 15 is 0 Å². The van der Waals surface area contributed by atoms with E-state index in [2.05, 4.69) is 54.5 Å². The largest absolute Gasteiger partial charge is 0.457 e. The summed E-state index contributed by atoms with van der Waals surface area (Å²) in [6.45, 7) is 3.78. The number of rotatable bonds is 30. The Balaban J connectivity index is 2.56. The number of carbonyl (C=O) groups is 1. The summed E-state index contributed by atoms with van der Waals surface area (Å²) in [5.74, 6) is -0.431. The summed E-state index contributed by atoms with van der Waals surface area (Å²) >= 11 is 0. The van der Waals surface area contributed by atoms with Gasteiger partial charge >= 0.3 is 16.4 Å². The fraction of sp³-hybridized carbons (Fsp3) is 0.806. The highest BCUT2D eigenvalue weighted by atomic mass is 32.3. The van der Waals surface area contributed by atoms with E-state index in [1.807, 2.05) is 0 Å². The molecule has 0 aliphatic carbocycles. The molecule has 0 amide bonds. The average molecular weight is 721 g/mol. The minimum Gasteiger partial charge on any atom is -0.457 e. The summed E-state index contributed by atoms with van der Waals surface area (Å²) < 4.78 is 58.6. The highest BCUT2D eigenvalue weighted by molar-refractivity contribution is 7.80. The monoisotopic (exact) mass is 720 g/mol. The van der Waals surface area contributed by atoms with E-state index in [1.165, 1.54) is 38.5 Å². The fourth-order valence-electron chi connectivity index (χ4n) is 5.27. The number of aliphatic hydroxyl groups is 3. The quantitative estimate of drug-likeness (QED) is 0.0299. The molecule has 0 aromatic heterocycles. The molecule has 1 rings (SSSR count). The Labute approximate surface area is 294 Å². The number of esters is 1. The number of hydrogen-bond donors (Lipinski definition) is 4. The lowest BCUT2D eigenvalue weighted by Crippen LogP contribution is -2.60. The second kappa shape index (κ2) is 29.0. The molecule has 12 nitrogen and oxygen atoms in total. The Kier molecular flexibility index (Phi) is 26.8. The minimum absolute atomic E-state index is 0.0245. The molecule has 0 spiro atoms. The molecule has 6 atom stereocenters. The lowest BCUT2D eigenvalue weighted by molar-refractivity contribution is -0.301. The van der Waals surface area contributed by atoms with Gasteiger partial charge in [0.25, 0.3) is 0 Å². The summed E-state index contributed by atoms with van der Waals surface area (Å²) in [6, 6.07) is 0. The van der Waals surface area contributed by atoms with Crippen molar-refractivity contribution >= 4 is 16.4 Å². The summed E-state index contributed by atoms with van der Waals surface area (Å²) in [4.78, 5) is 12.7. The van der Waals surface area contributed by atoms with Gasteiger partial charge in [0.05, 0.1) is 19.8 Å². The molecule has 1 heterocycles. The first-order valence-corrected chi connectivity index (χ1v) is 19.6. The SMILES string of the molecule is CC/C=C\C/C=C\C/C=C\CCCCCC(=O)OC(COCCCCCCCCCCC)COC1OC(CO)C(O)C(OS(=O)(=O)O)C1O. The lowest BCUT2D eigenvalue weighted by atomic mass is 9.99. The molecular weight excluding hydrogens is 656 g/mol. The van der Waals surface area contributed by atoms with Gasteiger partial charge in [-0.3, -0.25) is 9.35 Å². The van der Waals surface area contributed by atoms with Crippen LogP contribution >= 0.6 is 0 Å². The molecule has 1 saturated heterocycles. The fourth-order valence-corrected chi connectivity index (χ4v) is 5.78. The molecule has 0 aromatic rings. The van der Waals surface area contributed by atoms with Crippen LogP contribution in [0.3, 0.4) is 0 Å². The standard InChI is InChI=1S/C36H64O12S/c1-3-5-7-9-11-13-14-15-16-17-19-21-23-25-32(38)46-30(28-44-26-24-22-20-18-12-10-8-6-4-2)29-45-36-34(40)35(48-49(41,42)43)33(39)31(27-37)47-36/h5,7,11,13,15-16,30-31,33-37,39-40H,3-4,6,8-10,12,14,17-29H2,1-2H3,(H,41,42,43)/b7-5-,13-11-,16-15-. The molecule has 49 heavy (non-hydrogen) atoms. The number of allylic oxidation sites excluding steroid dienone is 6. The van der Waals surface area contributed by atoms with Crippen LogP contribution in [0.25, 0.3) is 0 Å². The molecule has 1 aliphatic rings. The average Bonchev–Trinajstić information content (AvgIpc) is 3.06. The predicted octanol–water partition coefficient (Wildman–Crippen LogP) is 5.90. The topological polar surface area (TPSA) is 178 Å². The molecule has 0 radical (unpaired) electrons. The van der Waals surface area contributed by atoms with E-state index in [0.29, 0.717) is 13.0 Å². The zero-order valence-corrected chi connectivity index (χ0v) is 30.6. The number of carbonyl (C=O) groups excluding carboxylic acids is 1. The van der Waals surface area contributed by atoms with Gasteiger partial charge < -0.3 is 34.3 Å². The van der Waals surface area contributed by atoms with E-state index in [1.54, 1.807) is 0 Å². The molecule has 286 valence electrons. The van der Waals surface area contributed by atoms with Crippen LogP contribution in [0.5, 0.6) is 0 Å². The second-order valence-electron chi connectivity index (χ2n) is 12.4. The van der Waals surface area contributed by atoms with Gasteiger partial charge in [-0.1, -0.05) is 108 Å². The predicted molar refractivity (Wildman–Crippen MR) is 188 cm³/mol. The van der Waals surface area contributed by atoms with Gasteiger partial charge in [0.2, 0.25) is 0 Å². The van der Waals surface area contributed by atoms with Crippen molar-refractivity contribution in [2.45, 2.75) is 160 Å². The molecule has 13 heteroatoms. The third-order valence-corrected chi connectivity index (χ3v) is 8.49. The van der Waals surface area contributed by atoms with Crippen molar-refractivity contribution in [3.05, 3.63) is 36.5 Å². The van der Waals surface area contributed by atoms with Crippen LogP contribution in [0.15, 0.2) is 36.5 Å². The second-order valence-corrected chi connectivity index (χ2v) is 13.5. The van der Waals surface area contributed by atoms with Crippen LogP contribution in [-0.4, -0.2) is 97.5 Å². The Hall–Kier alpha value is -1.68. The zero-order valence-electron chi connectivity index (χ0n) is 29.7. The number of ether oxygens (including phenoxy) is 4. The Morgan fingerprint density at radius 1 is 0.796 bits per heavy atom. The van der Waals surface area contributed by atoms with Crippen LogP contribution in [0.2, 0.25) is 0 Å². The van der Waals surface area contributed by atoms with Crippen molar-refractivity contribution < 1.29 is 56.2 Å². The van der Waals surface area contributed by atoms with E-state index in [9.17, 15) is 28.5 Å². The van der Waals surface area contributed by atoms with Crippen LogP contribution in [0, 0.1) is 0 Å². The van der Waals surface area contributed by atoms with Gasteiger partial charge in [0, 0.05) is 13.0 Å². The van der Waals surface area contributed by atoms with Crippen molar-refractivity contribution in [2.75, 3.05) is 26.4 Å². The Morgan fingerprint density at radius 2 is 1.41 bits per heavy atom. The smallest absolute Gasteiger partial charge is 0.397 e. The molecule has 0 bridgehead atoms. The number of unbranched alkanes of at least 4 members (excludes halogenated alkanes) is 11. The normalized spacial score (nSPS) is 22.4. The lowest BCUT2D eigenvalue weighted by Gasteiger charge is -2.41. The molecular formula is C36H64O12S. The van der Waals surface area contributed by atoms with E-state index < -0.39 is 59.8 Å². The van der Waals surface area contributed by atoms with Crippen molar-refractivity contribution in [3.8, 4) is 0 Å². The van der Waals surface area contributed by atoms with Crippen molar-refractivity contribution in [2.24, 2.45) is 0 Å². The minimum atomic E-state index is -5.06. The maximum absolute atomic E-state index is 12.7. The third kappa shape index (κ3) is 23.4. The molecule has 1 fully saturated rings. The molecule has 4 N–H and O–H groups in total. The Morgan fingerprint density at radius 3 is 2.04 bits per heavy atom. The maximum Gasteiger partial charge on any atom is 0.397 e. The van der Waals surface area contributed by atoms with Crippen LogP contribution in [-0.2, 0) is 38.3 Å². The van der Waals surface area contributed by atoms with Gasteiger partial charge in [-0.15, -0.1) is 0 Å². The summed E-state index contributed by atoms with van der Waals surface area (Å²) in [5, 5.41) is 30.4. The van der Waals surface area contributed by atoms with Gasteiger partial charge in [-0.05, 0) is 44.9 Å². The van der Waals surface area contributed by atoms with Gasteiger partial charge in [0.15, 0.2) is 6.29 Å². The summed E-state index contributed by atoms with van der Waals surface area (Å²) in [6.07, 6.45) is 20.6. The number of aliphatic hydroxyl groups excluding tert-OH is 3. The first-order valence-electron chi connectivity index (χ1n) is 18.2. The first-order chi connectivity index (χ1) is 23.6. The van der Waals surface area contributed by atoms with Crippen LogP contribution in [0.1, 0.15) is 123 Å². The molecule has 1 aliphatic heterocycles. The summed E-state index contributed by atoms with van der Waals surface area (Å²) in [5.41, 5.74) is 0. The van der Waals surface area contributed by atoms with Crippen molar-refractivity contribution in [3.63, 3.8) is 0 Å². The molecule has 6 unspecified atom stereocenters. The van der Waals surface area contributed by atoms with E-state index in [0.717, 1.165) is 57.8 Å². The van der Waals surface area contributed by atoms with E-state index in [-0.39, 0.29) is 19.6 Å². The first kappa shape index (κ1) is 45.3. The highest BCUT2D eigenvalue weighted by Crippen LogP contribution is 2.26. The zero-order chi connectivity index (χ0) is 36.2. The Bertz CT molecular complexity index is 1020. The molecule has 0 saturated carbocycles. The van der Waals surface area contributed by atoms with Crippen molar-refractivity contribution in [1.29, 1.82) is 0 Å². The number of hydrogen-bond acceptors (Lipinski definition) is 11. The van der Waals surface area contributed by atoms with Crippen molar-refractivity contribution in [1.82, 2.24) is 0 Å². The van der Waals surface area contributed by atoms with E-state index in [4.69, 9.17) is 23.5 Å². The van der Waals surface area contributed by atoms with Gasteiger partial charge in [0.1, 0.15) is 30.5 Å².